The van der Waals surface area contributed by atoms with Gasteiger partial charge in [-0.2, -0.15) is 4.99 Å². The van der Waals surface area contributed by atoms with E-state index in [1.807, 2.05) is 0 Å². The molecule has 3 rings (SSSR count). The number of amides is 1. The Kier molecular flexibility index (Phi) is 5.22. The van der Waals surface area contributed by atoms with Crippen LogP contribution < -0.4 is 14.3 Å². The highest BCUT2D eigenvalue weighted by Crippen LogP contribution is 2.28. The molecule has 0 saturated heterocycles. The van der Waals surface area contributed by atoms with Crippen molar-refractivity contribution in [3.63, 3.8) is 0 Å². The number of thiazole rings is 1. The fraction of sp³-hybridized carbons (Fsp3) is 0.222. The van der Waals surface area contributed by atoms with Crippen molar-refractivity contribution >= 4 is 33.1 Å². The Morgan fingerprint density at radius 1 is 1.19 bits per heavy atom. The first kappa shape index (κ1) is 18.6. The number of nitro benzene ring substituents is 1. The largest absolute Gasteiger partial charge is 0.493 e. The van der Waals surface area contributed by atoms with E-state index in [9.17, 15) is 14.9 Å². The minimum Gasteiger partial charge on any atom is -0.493 e. The number of aryl methyl sites for hydroxylation is 1. The molecule has 1 aromatic heterocycles. The number of benzene rings is 2. The smallest absolute Gasteiger partial charge is 0.270 e. The molecule has 0 aliphatic rings. The summed E-state index contributed by atoms with van der Waals surface area (Å²) in [4.78, 5) is 27.5. The number of nitrogens with zero attached hydrogens (tertiary/aromatic N) is 3. The van der Waals surface area contributed by atoms with Crippen LogP contribution in [0.2, 0.25) is 0 Å². The van der Waals surface area contributed by atoms with Gasteiger partial charge in [0.1, 0.15) is 0 Å². The van der Waals surface area contributed by atoms with Crippen molar-refractivity contribution < 1.29 is 19.2 Å². The number of fused-ring (bicyclic) bond motifs is 1. The zero-order chi connectivity index (χ0) is 19.6. The summed E-state index contributed by atoms with van der Waals surface area (Å²) in [6, 6.07) is 9.83. The highest BCUT2D eigenvalue weighted by Gasteiger charge is 2.12. The molecule has 0 aliphatic carbocycles. The third kappa shape index (κ3) is 3.82. The lowest BCUT2D eigenvalue weighted by molar-refractivity contribution is -0.384. The topological polar surface area (TPSA) is 96.0 Å². The maximum atomic E-state index is 12.4. The van der Waals surface area contributed by atoms with Crippen LogP contribution >= 0.6 is 11.3 Å². The Morgan fingerprint density at radius 3 is 2.59 bits per heavy atom. The quantitative estimate of drug-likeness (QED) is 0.495. The summed E-state index contributed by atoms with van der Waals surface area (Å²) in [6.45, 7) is 0. The first-order valence-corrected chi connectivity index (χ1v) is 8.77. The molecule has 0 unspecified atom stereocenters. The molecule has 0 aliphatic heterocycles. The molecule has 0 radical (unpaired) electrons. The van der Waals surface area contributed by atoms with Gasteiger partial charge in [0, 0.05) is 19.2 Å². The fourth-order valence-electron chi connectivity index (χ4n) is 2.65. The second-order valence-corrected chi connectivity index (χ2v) is 6.73. The Bertz CT molecular complexity index is 1100. The van der Waals surface area contributed by atoms with Crippen molar-refractivity contribution in [1.29, 1.82) is 0 Å². The molecule has 1 heterocycles. The van der Waals surface area contributed by atoms with Gasteiger partial charge in [-0.1, -0.05) is 17.4 Å². The lowest BCUT2D eigenvalue weighted by Crippen LogP contribution is -2.14. The van der Waals surface area contributed by atoms with Gasteiger partial charge in [-0.05, 0) is 23.8 Å². The lowest BCUT2D eigenvalue weighted by atomic mass is 10.1. The average Bonchev–Trinajstić information content (AvgIpc) is 2.96. The molecule has 2 aromatic carbocycles. The van der Waals surface area contributed by atoms with E-state index < -0.39 is 4.92 Å². The number of methoxy groups -OCH3 is 2. The Hall–Kier alpha value is -3.20. The molecule has 9 heteroatoms. The van der Waals surface area contributed by atoms with Crippen LogP contribution in [0.25, 0.3) is 10.2 Å². The normalized spacial score (nSPS) is 11.6. The molecule has 140 valence electrons. The van der Waals surface area contributed by atoms with Gasteiger partial charge in [0.25, 0.3) is 11.6 Å². The van der Waals surface area contributed by atoms with E-state index in [0.717, 1.165) is 11.1 Å². The Balaban J connectivity index is 1.91. The highest BCUT2D eigenvalue weighted by atomic mass is 32.1. The van der Waals surface area contributed by atoms with Gasteiger partial charge >= 0.3 is 0 Å². The summed E-state index contributed by atoms with van der Waals surface area (Å²) in [6.07, 6.45) is 0.106. The Morgan fingerprint density at radius 2 is 1.93 bits per heavy atom. The van der Waals surface area contributed by atoms with E-state index in [1.54, 1.807) is 43.0 Å². The molecular formula is C18H17N3O5S. The second-order valence-electron chi connectivity index (χ2n) is 5.72. The first-order valence-electron chi connectivity index (χ1n) is 7.95. The maximum absolute atomic E-state index is 12.4. The monoisotopic (exact) mass is 387 g/mol. The summed E-state index contributed by atoms with van der Waals surface area (Å²) in [5.74, 6) is 0.810. The van der Waals surface area contributed by atoms with Crippen LogP contribution in [0.3, 0.4) is 0 Å². The highest BCUT2D eigenvalue weighted by molar-refractivity contribution is 7.16. The van der Waals surface area contributed by atoms with Crippen LogP contribution in [-0.2, 0) is 18.3 Å². The minimum absolute atomic E-state index is 0.00699. The number of hydrogen-bond donors (Lipinski definition) is 0. The molecule has 0 fully saturated rings. The molecule has 0 bridgehead atoms. The van der Waals surface area contributed by atoms with Crippen LogP contribution in [0, 0.1) is 10.1 Å². The number of non-ortho nitro benzene ring substituents is 1. The van der Waals surface area contributed by atoms with Crippen molar-refractivity contribution in [2.75, 3.05) is 14.2 Å². The number of ether oxygens (including phenoxy) is 2. The van der Waals surface area contributed by atoms with Crippen LogP contribution in [-0.4, -0.2) is 29.6 Å². The average molecular weight is 387 g/mol. The number of rotatable bonds is 5. The standard InChI is InChI=1S/C18H17N3O5S/c1-20-13-6-5-12(21(23)24)10-16(13)27-18(20)19-17(22)9-11-4-7-14(25-2)15(8-11)26-3/h4-8,10H,9H2,1-3H3. The number of carbonyl (C=O) groups excluding carboxylic acids is 1. The zero-order valence-electron chi connectivity index (χ0n) is 15.0. The number of nitro groups is 1. The summed E-state index contributed by atoms with van der Waals surface area (Å²) >= 11 is 1.23. The molecule has 0 N–H and O–H groups in total. The molecule has 0 spiro atoms. The van der Waals surface area contributed by atoms with Gasteiger partial charge in [0.2, 0.25) is 0 Å². The van der Waals surface area contributed by atoms with Crippen molar-refractivity contribution in [2.45, 2.75) is 6.42 Å². The fourth-order valence-corrected chi connectivity index (χ4v) is 3.72. The van der Waals surface area contributed by atoms with Crippen LogP contribution in [0.5, 0.6) is 11.5 Å². The molecular weight excluding hydrogens is 370 g/mol. The second kappa shape index (κ2) is 7.58. The van der Waals surface area contributed by atoms with E-state index >= 15 is 0 Å². The maximum Gasteiger partial charge on any atom is 0.270 e. The summed E-state index contributed by atoms with van der Waals surface area (Å²) in [5, 5.41) is 10.9. The molecule has 0 saturated carbocycles. The lowest BCUT2D eigenvalue weighted by Gasteiger charge is -2.08. The molecule has 27 heavy (non-hydrogen) atoms. The SMILES string of the molecule is COc1ccc(CC(=O)N=c2sc3cc([N+](=O)[O-])ccc3n2C)cc1OC. The van der Waals surface area contributed by atoms with E-state index in [1.165, 1.54) is 30.6 Å². The van der Waals surface area contributed by atoms with Crippen molar-refractivity contribution in [3.05, 3.63) is 56.9 Å². The third-order valence-electron chi connectivity index (χ3n) is 4.03. The van der Waals surface area contributed by atoms with Gasteiger partial charge in [-0.15, -0.1) is 0 Å². The predicted molar refractivity (Wildman–Crippen MR) is 101 cm³/mol. The van der Waals surface area contributed by atoms with Gasteiger partial charge in [0.15, 0.2) is 16.3 Å². The minimum atomic E-state index is -0.446. The van der Waals surface area contributed by atoms with Gasteiger partial charge < -0.3 is 14.0 Å². The van der Waals surface area contributed by atoms with Crippen molar-refractivity contribution in [1.82, 2.24) is 4.57 Å². The number of carbonyl (C=O) groups is 1. The van der Waals surface area contributed by atoms with Gasteiger partial charge in [0.05, 0.1) is 35.8 Å². The van der Waals surface area contributed by atoms with Crippen LogP contribution in [0.15, 0.2) is 41.4 Å². The molecule has 3 aromatic rings. The van der Waals surface area contributed by atoms with Crippen molar-refractivity contribution in [2.24, 2.45) is 12.0 Å². The molecule has 1 amide bonds. The van der Waals surface area contributed by atoms with E-state index in [-0.39, 0.29) is 18.0 Å². The van der Waals surface area contributed by atoms with Crippen LogP contribution in [0.1, 0.15) is 5.56 Å². The van der Waals surface area contributed by atoms with Gasteiger partial charge in [-0.3, -0.25) is 14.9 Å². The van der Waals surface area contributed by atoms with Crippen molar-refractivity contribution in [3.8, 4) is 11.5 Å². The zero-order valence-corrected chi connectivity index (χ0v) is 15.8. The van der Waals surface area contributed by atoms with Gasteiger partial charge in [-0.25, -0.2) is 0 Å². The summed E-state index contributed by atoms with van der Waals surface area (Å²) in [7, 11) is 4.85. The van der Waals surface area contributed by atoms with E-state index in [4.69, 9.17) is 9.47 Å². The third-order valence-corrected chi connectivity index (χ3v) is 5.12. The first-order chi connectivity index (χ1) is 12.9. The molecule has 0 atom stereocenters. The van der Waals surface area contributed by atoms with E-state index in [2.05, 4.69) is 4.99 Å². The summed E-state index contributed by atoms with van der Waals surface area (Å²) in [5.41, 5.74) is 1.54. The van der Waals surface area contributed by atoms with Crippen LogP contribution in [0.4, 0.5) is 5.69 Å². The van der Waals surface area contributed by atoms with E-state index in [0.29, 0.717) is 21.0 Å². The Labute approximate surface area is 158 Å². The number of aromatic nitrogens is 1. The molecule has 8 nitrogen and oxygen atoms in total. The number of hydrogen-bond acceptors (Lipinski definition) is 6. The predicted octanol–water partition coefficient (Wildman–Crippen LogP) is 2.84. The summed E-state index contributed by atoms with van der Waals surface area (Å²) < 4.78 is 12.9.